The second-order valence-corrected chi connectivity index (χ2v) is 3.91. The summed E-state index contributed by atoms with van der Waals surface area (Å²) in [5.74, 6) is 0.389. The van der Waals surface area contributed by atoms with Gasteiger partial charge < -0.3 is 10.1 Å². The Hall–Kier alpha value is -1.62. The van der Waals surface area contributed by atoms with Crippen LogP contribution >= 0.6 is 0 Å². The predicted octanol–water partition coefficient (Wildman–Crippen LogP) is 1.86. The highest BCUT2D eigenvalue weighted by molar-refractivity contribution is 5.48. The van der Waals surface area contributed by atoms with Gasteiger partial charge in [0.1, 0.15) is 0 Å². The van der Waals surface area contributed by atoms with Gasteiger partial charge in [0, 0.05) is 12.6 Å². The lowest BCUT2D eigenvalue weighted by Crippen LogP contribution is -2.06. The Morgan fingerprint density at radius 3 is 2.88 bits per heavy atom. The van der Waals surface area contributed by atoms with Crippen molar-refractivity contribution in [3.63, 3.8) is 0 Å². The first kappa shape index (κ1) is 10.9. The topological polar surface area (TPSA) is 64.4 Å². The van der Waals surface area contributed by atoms with Crippen molar-refractivity contribution in [1.82, 2.24) is 5.32 Å². The third-order valence-electron chi connectivity index (χ3n) is 2.42. The zero-order chi connectivity index (χ0) is 11.5. The highest BCUT2D eigenvalue weighted by Crippen LogP contribution is 2.33. The number of ether oxygens (including phenoxy) is 1. The van der Waals surface area contributed by atoms with Crippen LogP contribution in [0, 0.1) is 10.1 Å². The summed E-state index contributed by atoms with van der Waals surface area (Å²) in [6.07, 6.45) is 2.16. The van der Waals surface area contributed by atoms with E-state index in [1.165, 1.54) is 6.07 Å². The Morgan fingerprint density at radius 2 is 2.31 bits per heavy atom. The average molecular weight is 222 g/mol. The molecule has 1 N–H and O–H groups in total. The zero-order valence-electron chi connectivity index (χ0n) is 9.10. The van der Waals surface area contributed by atoms with Gasteiger partial charge in [0.2, 0.25) is 0 Å². The maximum atomic E-state index is 10.8. The Kier molecular flexibility index (Phi) is 3.05. The molecule has 1 aromatic carbocycles. The minimum Gasteiger partial charge on any atom is -0.483 e. The van der Waals surface area contributed by atoms with Crippen LogP contribution < -0.4 is 10.1 Å². The highest BCUT2D eigenvalue weighted by atomic mass is 16.6. The number of rotatable bonds is 5. The van der Waals surface area contributed by atoms with Crippen molar-refractivity contribution in [3.05, 3.63) is 33.9 Å². The number of nitro benzene ring substituents is 1. The van der Waals surface area contributed by atoms with Crippen molar-refractivity contribution in [2.45, 2.75) is 25.5 Å². The second kappa shape index (κ2) is 4.49. The van der Waals surface area contributed by atoms with Crippen molar-refractivity contribution in [2.24, 2.45) is 0 Å². The monoisotopic (exact) mass is 222 g/mol. The van der Waals surface area contributed by atoms with Crippen molar-refractivity contribution in [2.75, 3.05) is 7.05 Å². The molecule has 0 bridgehead atoms. The van der Waals surface area contributed by atoms with Crippen LogP contribution in [0.5, 0.6) is 5.75 Å². The van der Waals surface area contributed by atoms with E-state index in [0.717, 1.165) is 18.4 Å². The lowest BCUT2D eigenvalue weighted by Gasteiger charge is -2.07. The van der Waals surface area contributed by atoms with E-state index in [-0.39, 0.29) is 11.8 Å². The first-order valence-corrected chi connectivity index (χ1v) is 5.29. The summed E-state index contributed by atoms with van der Waals surface area (Å²) in [4.78, 5) is 10.4. The first-order chi connectivity index (χ1) is 7.70. The summed E-state index contributed by atoms with van der Waals surface area (Å²) in [5, 5.41) is 13.8. The number of nitrogens with zero attached hydrogens (tertiary/aromatic N) is 1. The van der Waals surface area contributed by atoms with Gasteiger partial charge >= 0.3 is 5.69 Å². The molecule has 0 radical (unpaired) electrons. The molecule has 1 saturated carbocycles. The first-order valence-electron chi connectivity index (χ1n) is 5.29. The molecule has 0 heterocycles. The second-order valence-electron chi connectivity index (χ2n) is 3.91. The standard InChI is InChI=1S/C11H14N2O3/c1-12-7-8-2-5-10(13(14)15)11(6-8)16-9-3-4-9/h2,5-6,9,12H,3-4,7H2,1H3. The molecular weight excluding hydrogens is 208 g/mol. The zero-order valence-corrected chi connectivity index (χ0v) is 9.10. The van der Waals surface area contributed by atoms with Crippen LogP contribution in [0.4, 0.5) is 5.69 Å². The molecule has 0 saturated heterocycles. The number of nitrogens with one attached hydrogen (secondary N) is 1. The summed E-state index contributed by atoms with van der Waals surface area (Å²) in [6.45, 7) is 0.680. The van der Waals surface area contributed by atoms with Gasteiger partial charge in [-0.15, -0.1) is 0 Å². The number of benzene rings is 1. The molecule has 0 atom stereocenters. The lowest BCUT2D eigenvalue weighted by molar-refractivity contribution is -0.386. The molecule has 0 unspecified atom stereocenters. The molecular formula is C11H14N2O3. The predicted molar refractivity (Wildman–Crippen MR) is 59.5 cm³/mol. The average Bonchev–Trinajstić information content (AvgIpc) is 3.02. The summed E-state index contributed by atoms with van der Waals surface area (Å²) >= 11 is 0. The smallest absolute Gasteiger partial charge is 0.310 e. The van der Waals surface area contributed by atoms with Gasteiger partial charge in [-0.25, -0.2) is 0 Å². The Bertz CT molecular complexity index is 402. The highest BCUT2D eigenvalue weighted by Gasteiger charge is 2.27. The van der Waals surface area contributed by atoms with Crippen LogP contribution in [0.1, 0.15) is 18.4 Å². The molecule has 1 aliphatic rings. The molecule has 0 aromatic heterocycles. The normalized spacial score (nSPS) is 14.8. The fourth-order valence-electron chi connectivity index (χ4n) is 1.48. The van der Waals surface area contributed by atoms with Crippen molar-refractivity contribution in [1.29, 1.82) is 0 Å². The minimum absolute atomic E-state index is 0.0479. The van der Waals surface area contributed by atoms with Crippen LogP contribution in [-0.2, 0) is 6.54 Å². The SMILES string of the molecule is CNCc1ccc([N+](=O)[O-])c(OC2CC2)c1. The quantitative estimate of drug-likeness (QED) is 0.610. The van der Waals surface area contributed by atoms with E-state index in [9.17, 15) is 10.1 Å². The Morgan fingerprint density at radius 1 is 1.56 bits per heavy atom. The van der Waals surface area contributed by atoms with Crippen LogP contribution in [0.25, 0.3) is 0 Å². The molecule has 2 rings (SSSR count). The van der Waals surface area contributed by atoms with Crippen LogP contribution in [-0.4, -0.2) is 18.1 Å². The van der Waals surface area contributed by atoms with Crippen molar-refractivity contribution < 1.29 is 9.66 Å². The lowest BCUT2D eigenvalue weighted by atomic mass is 10.2. The summed E-state index contributed by atoms with van der Waals surface area (Å²) in [7, 11) is 1.84. The van der Waals surface area contributed by atoms with Crippen LogP contribution in [0.3, 0.4) is 0 Å². The van der Waals surface area contributed by atoms with Gasteiger partial charge in [0.25, 0.3) is 0 Å². The summed E-state index contributed by atoms with van der Waals surface area (Å²) < 4.78 is 5.54. The fraction of sp³-hybridized carbons (Fsp3) is 0.455. The molecule has 16 heavy (non-hydrogen) atoms. The third-order valence-corrected chi connectivity index (χ3v) is 2.42. The molecule has 0 amide bonds. The molecule has 5 nitrogen and oxygen atoms in total. The summed E-state index contributed by atoms with van der Waals surface area (Å²) in [5.41, 5.74) is 1.04. The van der Waals surface area contributed by atoms with E-state index in [2.05, 4.69) is 5.32 Å². The van der Waals surface area contributed by atoms with Gasteiger partial charge in [-0.05, 0) is 31.5 Å². The van der Waals surface area contributed by atoms with E-state index in [4.69, 9.17) is 4.74 Å². The van der Waals surface area contributed by atoms with E-state index in [0.29, 0.717) is 12.3 Å². The molecule has 0 aliphatic heterocycles. The maximum absolute atomic E-state index is 10.8. The Balaban J connectivity index is 2.25. The number of nitro groups is 1. The van der Waals surface area contributed by atoms with Gasteiger partial charge in [0.05, 0.1) is 11.0 Å². The number of hydrogen-bond donors (Lipinski definition) is 1. The van der Waals surface area contributed by atoms with E-state index in [1.807, 2.05) is 7.05 Å². The van der Waals surface area contributed by atoms with E-state index < -0.39 is 4.92 Å². The molecule has 5 heteroatoms. The van der Waals surface area contributed by atoms with Crippen molar-refractivity contribution >= 4 is 5.69 Å². The van der Waals surface area contributed by atoms with Gasteiger partial charge in [-0.2, -0.15) is 0 Å². The van der Waals surface area contributed by atoms with E-state index >= 15 is 0 Å². The van der Waals surface area contributed by atoms with Gasteiger partial charge in [-0.3, -0.25) is 10.1 Å². The molecule has 1 fully saturated rings. The maximum Gasteiger partial charge on any atom is 0.310 e. The molecule has 86 valence electrons. The number of hydrogen-bond acceptors (Lipinski definition) is 4. The third kappa shape index (κ3) is 2.49. The van der Waals surface area contributed by atoms with Gasteiger partial charge in [0.15, 0.2) is 5.75 Å². The molecule has 0 spiro atoms. The molecule has 1 aromatic rings. The fourth-order valence-corrected chi connectivity index (χ4v) is 1.48. The van der Waals surface area contributed by atoms with Gasteiger partial charge in [-0.1, -0.05) is 6.07 Å². The van der Waals surface area contributed by atoms with Crippen molar-refractivity contribution in [3.8, 4) is 5.75 Å². The minimum atomic E-state index is -0.402. The van der Waals surface area contributed by atoms with Crippen LogP contribution in [0.2, 0.25) is 0 Å². The summed E-state index contributed by atoms with van der Waals surface area (Å²) in [6, 6.07) is 4.99. The van der Waals surface area contributed by atoms with Crippen LogP contribution in [0.15, 0.2) is 18.2 Å². The molecule has 1 aliphatic carbocycles. The Labute approximate surface area is 93.6 Å². The van der Waals surface area contributed by atoms with E-state index in [1.54, 1.807) is 12.1 Å². The largest absolute Gasteiger partial charge is 0.483 e.